The molecule has 2 N–H and O–H groups in total. The third-order valence-corrected chi connectivity index (χ3v) is 8.94. The zero-order chi connectivity index (χ0) is 26.3. The Hall–Kier alpha value is -2.24. The van der Waals surface area contributed by atoms with Gasteiger partial charge in [-0.2, -0.15) is 0 Å². The van der Waals surface area contributed by atoms with E-state index in [4.69, 9.17) is 14.2 Å². The lowest BCUT2D eigenvalue weighted by Gasteiger charge is -2.39. The number of benzene rings is 1. The number of rotatable bonds is 14. The molecule has 0 saturated heterocycles. The van der Waals surface area contributed by atoms with Crippen LogP contribution in [-0.4, -0.2) is 38.1 Å². The molecule has 2 saturated carbocycles. The Balaban J connectivity index is 1.43. The monoisotopic (exact) mass is 509 g/mol. The van der Waals surface area contributed by atoms with Gasteiger partial charge in [0.05, 0.1) is 25.6 Å². The number of hydrogen-bond acceptors (Lipinski definition) is 5. The van der Waals surface area contributed by atoms with Gasteiger partial charge in [0, 0.05) is 36.1 Å². The molecule has 1 aromatic carbocycles. The van der Waals surface area contributed by atoms with E-state index in [1.54, 1.807) is 7.11 Å². The SMILES string of the molecule is C=C(Oc1ccc2c(c1)CCC2)[C@H](COCCOC)CC1(C(=C)N[C@H]2CC[C@@H](C(=C)O)CC2)CCCC1. The Kier molecular flexibility index (Phi) is 9.77. The fourth-order valence-electron chi connectivity index (χ4n) is 6.60. The van der Waals surface area contributed by atoms with E-state index in [1.807, 2.05) is 0 Å². The lowest BCUT2D eigenvalue weighted by Crippen LogP contribution is -2.39. The van der Waals surface area contributed by atoms with Crippen LogP contribution in [0.3, 0.4) is 0 Å². The number of hydrogen-bond donors (Lipinski definition) is 2. The number of allylic oxidation sites excluding steroid dienone is 2. The van der Waals surface area contributed by atoms with E-state index >= 15 is 0 Å². The number of fused-ring (bicyclic) bond motifs is 1. The molecule has 0 aliphatic heterocycles. The Morgan fingerprint density at radius 2 is 1.76 bits per heavy atom. The van der Waals surface area contributed by atoms with Gasteiger partial charge < -0.3 is 24.6 Å². The van der Waals surface area contributed by atoms with Crippen LogP contribution in [0.4, 0.5) is 0 Å². The number of aliphatic hydroxyl groups is 1. The summed E-state index contributed by atoms with van der Waals surface area (Å²) in [5, 5.41) is 13.6. The van der Waals surface area contributed by atoms with Gasteiger partial charge in [0.2, 0.25) is 0 Å². The van der Waals surface area contributed by atoms with Crippen LogP contribution in [0.25, 0.3) is 0 Å². The predicted molar refractivity (Wildman–Crippen MR) is 150 cm³/mol. The van der Waals surface area contributed by atoms with E-state index in [-0.39, 0.29) is 17.3 Å². The summed E-state index contributed by atoms with van der Waals surface area (Å²) in [6, 6.07) is 6.89. The van der Waals surface area contributed by atoms with Crippen molar-refractivity contribution < 1.29 is 19.3 Å². The Morgan fingerprint density at radius 3 is 2.46 bits per heavy atom. The normalized spacial score (nSPS) is 23.3. The lowest BCUT2D eigenvalue weighted by atomic mass is 9.74. The fourth-order valence-corrected chi connectivity index (χ4v) is 6.60. The smallest absolute Gasteiger partial charge is 0.127 e. The van der Waals surface area contributed by atoms with Crippen LogP contribution >= 0.6 is 0 Å². The zero-order valence-electron chi connectivity index (χ0n) is 22.9. The molecule has 4 rings (SSSR count). The van der Waals surface area contributed by atoms with Crippen molar-refractivity contribution in [1.82, 2.24) is 5.32 Å². The first kappa shape index (κ1) is 27.8. The average molecular weight is 510 g/mol. The maximum Gasteiger partial charge on any atom is 0.127 e. The highest BCUT2D eigenvalue weighted by molar-refractivity contribution is 5.39. The molecule has 5 heteroatoms. The first-order valence-corrected chi connectivity index (χ1v) is 14.3. The topological polar surface area (TPSA) is 60.0 Å². The Bertz CT molecular complexity index is 940. The number of aryl methyl sites for hydroxylation is 2. The second-order valence-electron chi connectivity index (χ2n) is 11.5. The molecule has 0 amide bonds. The van der Waals surface area contributed by atoms with Crippen LogP contribution in [0.5, 0.6) is 5.75 Å². The molecule has 37 heavy (non-hydrogen) atoms. The Labute approximate surface area is 224 Å². The van der Waals surface area contributed by atoms with Gasteiger partial charge in [-0.1, -0.05) is 38.6 Å². The number of nitrogens with one attached hydrogen (secondary N) is 1. The molecule has 1 aromatic rings. The second kappa shape index (κ2) is 13.0. The van der Waals surface area contributed by atoms with Gasteiger partial charge in [-0.05, 0) is 87.5 Å². The van der Waals surface area contributed by atoms with Gasteiger partial charge in [0.25, 0.3) is 0 Å². The maximum atomic E-state index is 9.79. The molecule has 0 aromatic heterocycles. The van der Waals surface area contributed by atoms with Gasteiger partial charge in [-0.15, -0.1) is 0 Å². The molecule has 204 valence electrons. The molecular weight excluding hydrogens is 462 g/mol. The minimum Gasteiger partial charge on any atom is -0.513 e. The van der Waals surface area contributed by atoms with Crippen molar-refractivity contribution in [2.24, 2.45) is 17.3 Å². The number of aliphatic hydroxyl groups excluding tert-OH is 1. The maximum absolute atomic E-state index is 9.79. The summed E-state index contributed by atoms with van der Waals surface area (Å²) in [6.45, 7) is 14.4. The third-order valence-electron chi connectivity index (χ3n) is 8.94. The van der Waals surface area contributed by atoms with Crippen LogP contribution in [0.2, 0.25) is 0 Å². The van der Waals surface area contributed by atoms with Crippen LogP contribution in [0.15, 0.2) is 55.2 Å². The molecule has 3 aliphatic rings. The summed E-state index contributed by atoms with van der Waals surface area (Å²) in [6.07, 6.45) is 13.2. The largest absolute Gasteiger partial charge is 0.513 e. The summed E-state index contributed by atoms with van der Waals surface area (Å²) in [5.41, 5.74) is 4.02. The third kappa shape index (κ3) is 7.20. The predicted octanol–water partition coefficient (Wildman–Crippen LogP) is 7.03. The van der Waals surface area contributed by atoms with Crippen molar-refractivity contribution in [3.8, 4) is 5.75 Å². The summed E-state index contributed by atoms with van der Waals surface area (Å²) in [5.74, 6) is 2.29. The highest BCUT2D eigenvalue weighted by Crippen LogP contribution is 2.49. The van der Waals surface area contributed by atoms with Crippen molar-refractivity contribution in [2.45, 2.75) is 83.1 Å². The summed E-state index contributed by atoms with van der Waals surface area (Å²) in [7, 11) is 1.70. The zero-order valence-corrected chi connectivity index (χ0v) is 22.9. The van der Waals surface area contributed by atoms with E-state index in [1.165, 1.54) is 36.8 Å². The van der Waals surface area contributed by atoms with Crippen molar-refractivity contribution >= 4 is 0 Å². The fraction of sp³-hybridized carbons (Fsp3) is 0.625. The highest BCUT2D eigenvalue weighted by Gasteiger charge is 2.40. The molecule has 2 fully saturated rings. The molecule has 0 heterocycles. The van der Waals surface area contributed by atoms with Crippen LogP contribution < -0.4 is 10.1 Å². The number of ether oxygens (including phenoxy) is 3. The summed E-state index contributed by atoms with van der Waals surface area (Å²) >= 11 is 0. The molecule has 0 spiro atoms. The van der Waals surface area contributed by atoms with Crippen LogP contribution in [0.1, 0.15) is 75.3 Å². The summed E-state index contributed by atoms with van der Waals surface area (Å²) < 4.78 is 17.6. The van der Waals surface area contributed by atoms with E-state index < -0.39 is 0 Å². The quantitative estimate of drug-likeness (QED) is 0.208. The van der Waals surface area contributed by atoms with Crippen molar-refractivity contribution in [3.05, 3.63) is 66.3 Å². The molecule has 5 nitrogen and oxygen atoms in total. The standard InChI is InChI=1S/C32H47NO4/c1-23(34)26-10-13-30(14-11-26)33-25(3)32(16-5-6-17-32)21-29(22-36-19-18-35-4)24(2)37-31-15-12-27-8-7-9-28(27)20-31/h12,15,20,26,29-30,33-34H,1-3,5-11,13-14,16-19,21-22H2,4H3/t26-,29-,30+/m0/s1. The molecular formula is C32H47NO4. The summed E-state index contributed by atoms with van der Waals surface area (Å²) in [4.78, 5) is 0. The van der Waals surface area contributed by atoms with Crippen LogP contribution in [-0.2, 0) is 22.3 Å². The van der Waals surface area contributed by atoms with E-state index in [0.717, 1.165) is 68.6 Å². The van der Waals surface area contributed by atoms with Gasteiger partial charge in [0.1, 0.15) is 11.5 Å². The Morgan fingerprint density at radius 1 is 1.03 bits per heavy atom. The van der Waals surface area contributed by atoms with Gasteiger partial charge >= 0.3 is 0 Å². The first-order chi connectivity index (χ1) is 17.9. The molecule has 1 atom stereocenters. The van der Waals surface area contributed by atoms with Crippen molar-refractivity contribution in [2.75, 3.05) is 26.9 Å². The second-order valence-corrected chi connectivity index (χ2v) is 11.5. The van der Waals surface area contributed by atoms with Crippen molar-refractivity contribution in [1.29, 1.82) is 0 Å². The minimum atomic E-state index is 0.0109. The van der Waals surface area contributed by atoms with Crippen LogP contribution in [0, 0.1) is 17.3 Å². The molecule has 0 bridgehead atoms. The lowest BCUT2D eigenvalue weighted by molar-refractivity contribution is 0.0417. The van der Waals surface area contributed by atoms with E-state index in [2.05, 4.69) is 43.3 Å². The highest BCUT2D eigenvalue weighted by atomic mass is 16.5. The first-order valence-electron chi connectivity index (χ1n) is 14.3. The van der Waals surface area contributed by atoms with E-state index in [0.29, 0.717) is 31.6 Å². The van der Waals surface area contributed by atoms with Gasteiger partial charge in [-0.25, -0.2) is 0 Å². The number of methoxy groups -OCH3 is 1. The minimum absolute atomic E-state index is 0.0109. The molecule has 0 radical (unpaired) electrons. The van der Waals surface area contributed by atoms with E-state index in [9.17, 15) is 5.11 Å². The van der Waals surface area contributed by atoms with Crippen molar-refractivity contribution in [3.63, 3.8) is 0 Å². The van der Waals surface area contributed by atoms with Gasteiger partial charge in [0.15, 0.2) is 0 Å². The molecule has 0 unspecified atom stereocenters. The molecule has 3 aliphatic carbocycles. The van der Waals surface area contributed by atoms with Gasteiger partial charge in [-0.3, -0.25) is 0 Å². The average Bonchev–Trinajstić information content (AvgIpc) is 3.56.